The van der Waals surface area contributed by atoms with Gasteiger partial charge in [0.05, 0.1) is 17.6 Å². The third kappa shape index (κ3) is 4.43. The van der Waals surface area contributed by atoms with Crippen molar-refractivity contribution >= 4 is 23.2 Å². The first-order valence-corrected chi connectivity index (χ1v) is 11.2. The molecule has 2 N–H and O–H groups in total. The number of Topliss-reactive ketones (excluding diaryl/α,β-unsaturated/α-hetero) is 1. The van der Waals surface area contributed by atoms with Gasteiger partial charge in [0, 0.05) is 37.4 Å². The molecule has 2 heterocycles. The number of allylic oxidation sites excluding steroid dienone is 1. The van der Waals surface area contributed by atoms with E-state index in [1.165, 1.54) is 0 Å². The highest BCUT2D eigenvalue weighted by atomic mass is 16.5. The maximum Gasteiger partial charge on any atom is 0.322 e. The van der Waals surface area contributed by atoms with Crippen LogP contribution in [-0.4, -0.2) is 31.6 Å². The predicted molar refractivity (Wildman–Crippen MR) is 124 cm³/mol. The molecule has 2 amide bonds. The summed E-state index contributed by atoms with van der Waals surface area (Å²) in [7, 11) is 0. The Labute approximate surface area is 188 Å². The van der Waals surface area contributed by atoms with Gasteiger partial charge in [0.25, 0.3) is 0 Å². The van der Waals surface area contributed by atoms with Gasteiger partial charge in [0.2, 0.25) is 0 Å². The zero-order valence-corrected chi connectivity index (χ0v) is 18.9. The Balaban J connectivity index is 1.78. The number of fused-ring (bicyclic) bond motifs is 1. The third-order valence-electron chi connectivity index (χ3n) is 5.88. The zero-order chi connectivity index (χ0) is 22.7. The van der Waals surface area contributed by atoms with E-state index in [0.717, 1.165) is 11.4 Å². The van der Waals surface area contributed by atoms with Gasteiger partial charge in [-0.15, -0.1) is 0 Å². The first kappa shape index (κ1) is 22.1. The minimum Gasteiger partial charge on any atom is -0.467 e. The summed E-state index contributed by atoms with van der Waals surface area (Å²) >= 11 is 0. The highest BCUT2D eigenvalue weighted by Gasteiger charge is 2.44. The Morgan fingerprint density at radius 1 is 1.25 bits per heavy atom. The lowest BCUT2D eigenvalue weighted by Gasteiger charge is -2.36. The van der Waals surface area contributed by atoms with Crippen molar-refractivity contribution in [3.63, 3.8) is 0 Å². The van der Waals surface area contributed by atoms with E-state index in [1.54, 1.807) is 17.2 Å². The number of hydrogen-bond donors (Lipinski definition) is 2. The second-order valence-electron chi connectivity index (χ2n) is 9.05. The Morgan fingerprint density at radius 3 is 2.81 bits per heavy atom. The van der Waals surface area contributed by atoms with Gasteiger partial charge in [0.1, 0.15) is 11.8 Å². The molecule has 2 aliphatic rings. The van der Waals surface area contributed by atoms with Gasteiger partial charge >= 0.3 is 6.03 Å². The molecule has 32 heavy (non-hydrogen) atoms. The Bertz CT molecular complexity index is 1010. The van der Waals surface area contributed by atoms with Crippen molar-refractivity contribution in [2.24, 2.45) is 5.41 Å². The smallest absolute Gasteiger partial charge is 0.322 e. The molecule has 170 valence electrons. The molecule has 0 saturated heterocycles. The molecule has 0 radical (unpaired) electrons. The van der Waals surface area contributed by atoms with Crippen LogP contribution in [0.15, 0.2) is 58.3 Å². The number of para-hydroxylation sites is 2. The number of ketones is 1. The number of rotatable bonds is 6. The summed E-state index contributed by atoms with van der Waals surface area (Å²) < 4.78 is 11.2. The molecule has 4 rings (SSSR count). The zero-order valence-electron chi connectivity index (χ0n) is 18.9. The van der Waals surface area contributed by atoms with Crippen LogP contribution in [0.2, 0.25) is 0 Å². The molecule has 0 unspecified atom stereocenters. The quantitative estimate of drug-likeness (QED) is 0.619. The molecule has 1 atom stereocenters. The standard InChI is InChI=1S/C25H31N3O4/c1-4-31-13-8-12-26-24(30)28-19-10-6-5-9-17(19)27-18-15-25(2,3)16-20(29)22(18)23(28)21-11-7-14-32-21/h5-7,9-11,14,23,27H,4,8,12-13,15-16H2,1-3H3,(H,26,30)/t23-/m1/s1. The molecule has 0 saturated carbocycles. The SMILES string of the molecule is CCOCCCNC(=O)N1c2ccccc2NC2=C(C(=O)CC(C)(C)C2)[C@H]1c1ccco1. The lowest BCUT2D eigenvalue weighted by Crippen LogP contribution is -2.45. The number of carbonyl (C=O) groups excluding carboxylic acids is 2. The fourth-order valence-electron chi connectivity index (χ4n) is 4.53. The van der Waals surface area contributed by atoms with Gasteiger partial charge in [-0.05, 0) is 49.4 Å². The number of carbonyl (C=O) groups is 2. The van der Waals surface area contributed by atoms with E-state index in [2.05, 4.69) is 24.5 Å². The highest BCUT2D eigenvalue weighted by Crippen LogP contribution is 2.48. The third-order valence-corrected chi connectivity index (χ3v) is 5.88. The van der Waals surface area contributed by atoms with Crippen LogP contribution < -0.4 is 15.5 Å². The molecule has 0 spiro atoms. The van der Waals surface area contributed by atoms with Crippen molar-refractivity contribution in [3.8, 4) is 0 Å². The number of amides is 2. The topological polar surface area (TPSA) is 83.8 Å². The Hall–Kier alpha value is -3.06. The summed E-state index contributed by atoms with van der Waals surface area (Å²) in [6.07, 6.45) is 3.42. The fourth-order valence-corrected chi connectivity index (χ4v) is 4.53. The maximum absolute atomic E-state index is 13.5. The van der Waals surface area contributed by atoms with E-state index < -0.39 is 6.04 Å². The van der Waals surface area contributed by atoms with E-state index in [-0.39, 0.29) is 17.2 Å². The summed E-state index contributed by atoms with van der Waals surface area (Å²) in [5.41, 5.74) is 2.79. The van der Waals surface area contributed by atoms with Crippen LogP contribution in [0.1, 0.15) is 51.8 Å². The minimum absolute atomic E-state index is 0.0344. The number of anilines is 2. The summed E-state index contributed by atoms with van der Waals surface area (Å²) in [4.78, 5) is 28.6. The predicted octanol–water partition coefficient (Wildman–Crippen LogP) is 5.03. The molecule has 0 fully saturated rings. The van der Waals surface area contributed by atoms with Crippen molar-refractivity contribution in [1.82, 2.24) is 5.32 Å². The van der Waals surface area contributed by atoms with Crippen LogP contribution >= 0.6 is 0 Å². The summed E-state index contributed by atoms with van der Waals surface area (Å²) in [6, 6.07) is 10.3. The van der Waals surface area contributed by atoms with E-state index in [4.69, 9.17) is 9.15 Å². The number of benzene rings is 1. The average molecular weight is 438 g/mol. The minimum atomic E-state index is -0.647. The molecule has 7 nitrogen and oxygen atoms in total. The van der Waals surface area contributed by atoms with E-state index in [9.17, 15) is 9.59 Å². The van der Waals surface area contributed by atoms with E-state index in [1.807, 2.05) is 37.3 Å². The van der Waals surface area contributed by atoms with Crippen molar-refractivity contribution in [2.45, 2.75) is 46.1 Å². The van der Waals surface area contributed by atoms with Gasteiger partial charge in [-0.25, -0.2) is 4.79 Å². The largest absolute Gasteiger partial charge is 0.467 e. The lowest BCUT2D eigenvalue weighted by atomic mass is 9.74. The molecule has 1 aliphatic heterocycles. The van der Waals surface area contributed by atoms with Crippen molar-refractivity contribution in [1.29, 1.82) is 0 Å². The van der Waals surface area contributed by atoms with Gasteiger partial charge in [-0.1, -0.05) is 26.0 Å². The lowest BCUT2D eigenvalue weighted by molar-refractivity contribution is -0.118. The maximum atomic E-state index is 13.5. The monoisotopic (exact) mass is 437 g/mol. The molecular formula is C25H31N3O4. The van der Waals surface area contributed by atoms with Crippen LogP contribution in [0.4, 0.5) is 16.2 Å². The van der Waals surface area contributed by atoms with Crippen LogP contribution in [0.5, 0.6) is 0 Å². The van der Waals surface area contributed by atoms with Gasteiger partial charge in [-0.2, -0.15) is 0 Å². The molecule has 1 aromatic heterocycles. The Morgan fingerprint density at radius 2 is 2.06 bits per heavy atom. The van der Waals surface area contributed by atoms with E-state index >= 15 is 0 Å². The average Bonchev–Trinajstić information content (AvgIpc) is 3.22. The molecule has 0 bridgehead atoms. The summed E-state index contributed by atoms with van der Waals surface area (Å²) in [5, 5.41) is 6.49. The van der Waals surface area contributed by atoms with Crippen LogP contribution in [0.25, 0.3) is 0 Å². The van der Waals surface area contributed by atoms with Crippen molar-refractivity contribution < 1.29 is 18.7 Å². The molecular weight excluding hydrogens is 406 g/mol. The second kappa shape index (κ2) is 9.20. The van der Waals surface area contributed by atoms with Crippen LogP contribution in [-0.2, 0) is 9.53 Å². The number of ether oxygens (including phenoxy) is 1. The normalized spacial score (nSPS) is 19.7. The summed E-state index contributed by atoms with van der Waals surface area (Å²) in [6.45, 7) is 7.84. The number of nitrogens with zero attached hydrogens (tertiary/aromatic N) is 1. The summed E-state index contributed by atoms with van der Waals surface area (Å²) in [5.74, 6) is 0.598. The number of hydrogen-bond acceptors (Lipinski definition) is 5. The van der Waals surface area contributed by atoms with Crippen LogP contribution in [0.3, 0.4) is 0 Å². The highest BCUT2D eigenvalue weighted by molar-refractivity contribution is 6.05. The molecule has 1 aliphatic carbocycles. The Kier molecular flexibility index (Phi) is 6.37. The molecule has 7 heteroatoms. The number of urea groups is 1. The van der Waals surface area contributed by atoms with Crippen LogP contribution in [0, 0.1) is 5.41 Å². The number of nitrogens with one attached hydrogen (secondary N) is 2. The second-order valence-corrected chi connectivity index (χ2v) is 9.05. The first-order valence-electron chi connectivity index (χ1n) is 11.2. The van der Waals surface area contributed by atoms with Crippen molar-refractivity contribution in [2.75, 3.05) is 30.0 Å². The van der Waals surface area contributed by atoms with Gasteiger partial charge in [0.15, 0.2) is 5.78 Å². The molecule has 2 aromatic rings. The van der Waals surface area contributed by atoms with Crippen molar-refractivity contribution in [3.05, 3.63) is 59.7 Å². The molecule has 1 aromatic carbocycles. The van der Waals surface area contributed by atoms with Gasteiger partial charge < -0.3 is 19.8 Å². The van der Waals surface area contributed by atoms with E-state index in [0.29, 0.717) is 56.0 Å². The number of furan rings is 1. The first-order chi connectivity index (χ1) is 15.4. The fraction of sp³-hybridized carbons (Fsp3) is 0.440. The van der Waals surface area contributed by atoms with Gasteiger partial charge in [-0.3, -0.25) is 9.69 Å².